The van der Waals surface area contributed by atoms with Crippen LogP contribution in [0.15, 0.2) is 18.3 Å². The second-order valence-electron chi connectivity index (χ2n) is 4.79. The molecule has 1 aromatic rings. The number of likely N-dealkylation sites (N-methyl/N-ethyl adjacent to an activating group) is 1. The van der Waals surface area contributed by atoms with E-state index in [0.29, 0.717) is 6.54 Å². The van der Waals surface area contributed by atoms with Crippen LogP contribution in [0, 0.1) is 0 Å². The molecule has 0 aliphatic carbocycles. The van der Waals surface area contributed by atoms with Crippen LogP contribution in [0.4, 0.5) is 5.95 Å². The highest BCUT2D eigenvalue weighted by Gasteiger charge is 2.32. The molecule has 1 aromatic heterocycles. The van der Waals surface area contributed by atoms with E-state index in [0.717, 1.165) is 0 Å². The zero-order valence-electron chi connectivity index (χ0n) is 13.5. The minimum atomic E-state index is -2.47. The summed E-state index contributed by atoms with van der Waals surface area (Å²) in [4.78, 5) is 22.3. The number of carbonyl (C=O) groups excluding carboxylic acids is 1. The third-order valence-corrected chi connectivity index (χ3v) is 4.23. The first-order valence-corrected chi connectivity index (χ1v) is 8.23. The van der Waals surface area contributed by atoms with Crippen LogP contribution in [-0.2, 0) is 15.1 Å². The Labute approximate surface area is 140 Å². The zero-order valence-corrected chi connectivity index (χ0v) is 14.3. The van der Waals surface area contributed by atoms with Crippen molar-refractivity contribution in [3.05, 3.63) is 18.3 Å². The highest BCUT2D eigenvalue weighted by Crippen LogP contribution is 2.19. The van der Waals surface area contributed by atoms with Crippen molar-refractivity contribution in [3.8, 4) is 11.8 Å². The van der Waals surface area contributed by atoms with Crippen LogP contribution >= 0.6 is 0 Å². The highest BCUT2D eigenvalue weighted by atomic mass is 32.2. The Morgan fingerprint density at radius 2 is 1.96 bits per heavy atom. The van der Waals surface area contributed by atoms with Gasteiger partial charge in [0, 0.05) is 13.0 Å². The van der Waals surface area contributed by atoms with Crippen LogP contribution in [0.1, 0.15) is 13.3 Å². The Morgan fingerprint density at radius 1 is 1.33 bits per heavy atom. The smallest absolute Gasteiger partial charge is 0.254 e. The first-order chi connectivity index (χ1) is 11.5. The van der Waals surface area contributed by atoms with Crippen LogP contribution in [0.3, 0.4) is 0 Å². The lowest BCUT2D eigenvalue weighted by atomic mass is 10.1. The summed E-state index contributed by atoms with van der Waals surface area (Å²) in [7, 11) is 0.370. The van der Waals surface area contributed by atoms with Crippen molar-refractivity contribution in [2.45, 2.75) is 19.4 Å². The van der Waals surface area contributed by atoms with Gasteiger partial charge in [-0.05, 0) is 13.1 Å². The Kier molecular flexibility index (Phi) is 5.74. The molecule has 1 unspecified atom stereocenters. The van der Waals surface area contributed by atoms with Gasteiger partial charge in [-0.3, -0.25) is 10.1 Å². The molecular weight excluding hydrogens is 336 g/mol. The van der Waals surface area contributed by atoms with Gasteiger partial charge in [0.05, 0.1) is 25.2 Å². The van der Waals surface area contributed by atoms with Crippen molar-refractivity contribution in [1.29, 1.82) is 0 Å². The number of aromatic nitrogens is 2. The standard InChI is InChI=1S/C14H18N4O5S/c1-4-18-7-5-6-9(24(20)21)12(18)13(19)17-14-15-10(22-2)8-11(16-14)23-3/h5,7-8,12H,4,6H2,1-3H3,(H,15,16,17,19). The first kappa shape index (κ1) is 17.7. The van der Waals surface area contributed by atoms with Crippen molar-refractivity contribution >= 4 is 27.0 Å². The maximum absolute atomic E-state index is 12.6. The van der Waals surface area contributed by atoms with Gasteiger partial charge in [-0.2, -0.15) is 18.4 Å². The number of nitrogens with one attached hydrogen (secondary N) is 1. The molecule has 0 radical (unpaired) electrons. The van der Waals surface area contributed by atoms with Gasteiger partial charge in [0.1, 0.15) is 6.04 Å². The molecule has 1 aliphatic heterocycles. The average molecular weight is 354 g/mol. The number of amides is 1. The molecular formula is C14H18N4O5S. The molecule has 0 saturated heterocycles. The number of hydrogen-bond acceptors (Lipinski definition) is 8. The fraction of sp³-hybridized carbons (Fsp3) is 0.429. The molecule has 130 valence electrons. The van der Waals surface area contributed by atoms with Crippen molar-refractivity contribution in [1.82, 2.24) is 14.9 Å². The van der Waals surface area contributed by atoms with E-state index in [1.807, 2.05) is 6.92 Å². The Balaban J connectivity index is 2.33. The molecule has 0 fully saturated rings. The number of ether oxygens (including phenoxy) is 2. The van der Waals surface area contributed by atoms with Gasteiger partial charge < -0.3 is 14.4 Å². The molecule has 2 rings (SSSR count). The van der Waals surface area contributed by atoms with E-state index in [9.17, 15) is 13.2 Å². The molecule has 1 N–H and O–H groups in total. The van der Waals surface area contributed by atoms with Crippen LogP contribution in [0.5, 0.6) is 11.8 Å². The number of rotatable bonds is 5. The Bertz CT molecular complexity index is 760. The molecule has 1 atom stereocenters. The average Bonchev–Trinajstić information content (AvgIpc) is 2.60. The Hall–Kier alpha value is -2.62. The van der Waals surface area contributed by atoms with Gasteiger partial charge in [-0.25, -0.2) is 0 Å². The van der Waals surface area contributed by atoms with E-state index in [4.69, 9.17) is 9.47 Å². The second-order valence-corrected chi connectivity index (χ2v) is 5.78. The molecule has 10 heteroatoms. The minimum Gasteiger partial charge on any atom is -0.481 e. The summed E-state index contributed by atoms with van der Waals surface area (Å²) in [6.07, 6.45) is 3.59. The van der Waals surface area contributed by atoms with Crippen molar-refractivity contribution in [2.75, 3.05) is 26.1 Å². The first-order valence-electron chi connectivity index (χ1n) is 7.15. The number of hydrogen-bond donors (Lipinski definition) is 1. The van der Waals surface area contributed by atoms with Crippen LogP contribution < -0.4 is 14.8 Å². The van der Waals surface area contributed by atoms with Gasteiger partial charge in [0.15, 0.2) is 0 Å². The largest absolute Gasteiger partial charge is 0.481 e. The third kappa shape index (κ3) is 3.82. The summed E-state index contributed by atoms with van der Waals surface area (Å²) in [6, 6.07) is 0.515. The van der Waals surface area contributed by atoms with Gasteiger partial charge in [0.2, 0.25) is 28.0 Å². The van der Waals surface area contributed by atoms with Crippen molar-refractivity contribution in [3.63, 3.8) is 0 Å². The van der Waals surface area contributed by atoms with Crippen LogP contribution in [-0.4, -0.2) is 60.9 Å². The van der Waals surface area contributed by atoms with E-state index < -0.39 is 22.2 Å². The molecule has 2 heterocycles. The van der Waals surface area contributed by atoms with E-state index in [2.05, 4.69) is 15.3 Å². The topological polar surface area (TPSA) is 111 Å². The summed E-state index contributed by atoms with van der Waals surface area (Å²) in [6.45, 7) is 2.30. The lowest BCUT2D eigenvalue weighted by molar-refractivity contribution is -0.118. The highest BCUT2D eigenvalue weighted by molar-refractivity contribution is 7.73. The third-order valence-electron chi connectivity index (χ3n) is 3.41. The molecule has 24 heavy (non-hydrogen) atoms. The van der Waals surface area contributed by atoms with Gasteiger partial charge >= 0.3 is 0 Å². The van der Waals surface area contributed by atoms with Crippen LogP contribution in [0.25, 0.3) is 0 Å². The van der Waals surface area contributed by atoms with E-state index in [1.165, 1.54) is 20.3 Å². The summed E-state index contributed by atoms with van der Waals surface area (Å²) in [5, 5.41) is 2.52. The van der Waals surface area contributed by atoms with E-state index in [-0.39, 0.29) is 29.0 Å². The van der Waals surface area contributed by atoms with Crippen molar-refractivity contribution in [2.24, 2.45) is 0 Å². The predicted octanol–water partition coefficient (Wildman–Crippen LogP) is 0.0917. The number of methoxy groups -OCH3 is 2. The lowest BCUT2D eigenvalue weighted by Crippen LogP contribution is -2.48. The molecule has 1 aliphatic rings. The number of allylic oxidation sites excluding steroid dienone is 1. The molecule has 0 spiro atoms. The van der Waals surface area contributed by atoms with Crippen molar-refractivity contribution < 1.29 is 22.7 Å². The zero-order chi connectivity index (χ0) is 17.7. The molecule has 1 amide bonds. The van der Waals surface area contributed by atoms with Gasteiger partial charge in [-0.1, -0.05) is 6.08 Å². The number of nitrogens with zero attached hydrogens (tertiary/aromatic N) is 3. The van der Waals surface area contributed by atoms with E-state index >= 15 is 0 Å². The Morgan fingerprint density at radius 3 is 2.46 bits per heavy atom. The monoisotopic (exact) mass is 354 g/mol. The predicted molar refractivity (Wildman–Crippen MR) is 87.6 cm³/mol. The quantitative estimate of drug-likeness (QED) is 0.741. The van der Waals surface area contributed by atoms with E-state index in [1.54, 1.807) is 17.2 Å². The second kappa shape index (κ2) is 7.77. The summed E-state index contributed by atoms with van der Waals surface area (Å²) < 4.78 is 32.9. The normalized spacial score (nSPS) is 16.7. The van der Waals surface area contributed by atoms with Crippen LogP contribution in [0.2, 0.25) is 0 Å². The number of carbonyl (C=O) groups is 1. The molecule has 0 saturated carbocycles. The van der Waals surface area contributed by atoms with Gasteiger partial charge in [0.25, 0.3) is 5.91 Å². The fourth-order valence-electron chi connectivity index (χ4n) is 2.28. The fourth-order valence-corrected chi connectivity index (χ4v) is 2.94. The maximum Gasteiger partial charge on any atom is 0.254 e. The molecule has 0 bridgehead atoms. The lowest BCUT2D eigenvalue weighted by Gasteiger charge is -2.31. The molecule has 9 nitrogen and oxygen atoms in total. The minimum absolute atomic E-state index is 0.0298. The van der Waals surface area contributed by atoms with Gasteiger partial charge in [-0.15, -0.1) is 0 Å². The SMILES string of the molecule is CCN1C=CCC(=S(=O)=O)C1C(=O)Nc1nc(OC)cc(OC)n1. The summed E-state index contributed by atoms with van der Waals surface area (Å²) in [5.41, 5.74) is 0. The number of anilines is 1. The molecule has 0 aromatic carbocycles. The summed E-state index contributed by atoms with van der Waals surface area (Å²) in [5.74, 6) is -0.150. The summed E-state index contributed by atoms with van der Waals surface area (Å²) >= 11 is 0. The maximum atomic E-state index is 12.6.